The van der Waals surface area contributed by atoms with Crippen LogP contribution in [0.5, 0.6) is 11.5 Å². The van der Waals surface area contributed by atoms with Gasteiger partial charge in [-0.25, -0.2) is 4.99 Å². The summed E-state index contributed by atoms with van der Waals surface area (Å²) in [6.07, 6.45) is 0.846. The second-order valence-corrected chi connectivity index (χ2v) is 6.44. The van der Waals surface area contributed by atoms with Crippen molar-refractivity contribution in [3.63, 3.8) is 0 Å². The molecular weight excluding hydrogens is 356 g/mol. The molecule has 0 atom stereocenters. The molecule has 0 unspecified atom stereocenters. The van der Waals surface area contributed by atoms with Gasteiger partial charge in [0.05, 0.1) is 6.54 Å². The topological polar surface area (TPSA) is 84.0 Å². The summed E-state index contributed by atoms with van der Waals surface area (Å²) in [5, 5.41) is 9.39. The van der Waals surface area contributed by atoms with Gasteiger partial charge in [0.15, 0.2) is 17.5 Å². The number of aliphatic imine (C=N–C) groups is 1. The van der Waals surface area contributed by atoms with E-state index in [1.54, 1.807) is 0 Å². The van der Waals surface area contributed by atoms with Crippen molar-refractivity contribution in [2.45, 2.75) is 26.8 Å². The van der Waals surface area contributed by atoms with Crippen molar-refractivity contribution in [3.8, 4) is 11.5 Å². The second kappa shape index (κ2) is 9.64. The van der Waals surface area contributed by atoms with Gasteiger partial charge in [0.25, 0.3) is 0 Å². The zero-order chi connectivity index (χ0) is 19.8. The molecule has 0 saturated carbocycles. The third kappa shape index (κ3) is 5.64. The smallest absolute Gasteiger partial charge is 0.231 e. The van der Waals surface area contributed by atoms with Crippen molar-refractivity contribution in [2.24, 2.45) is 4.99 Å². The Balaban J connectivity index is 1.54. The molecule has 2 aromatic carbocycles. The van der Waals surface area contributed by atoms with Crippen LogP contribution in [0.3, 0.4) is 0 Å². The lowest BCUT2D eigenvalue weighted by atomic mass is 10.1. The maximum absolute atomic E-state index is 11.2. The molecule has 0 bridgehead atoms. The Morgan fingerprint density at radius 2 is 1.93 bits per heavy atom. The monoisotopic (exact) mass is 382 g/mol. The minimum absolute atomic E-state index is 0.0841. The van der Waals surface area contributed by atoms with Crippen molar-refractivity contribution in [2.75, 3.05) is 25.2 Å². The van der Waals surface area contributed by atoms with Gasteiger partial charge in [0.1, 0.15) is 0 Å². The average Bonchev–Trinajstić information content (AvgIpc) is 3.14. The first-order valence-electron chi connectivity index (χ1n) is 9.41. The number of hydrogen-bond acceptors (Lipinski definition) is 4. The van der Waals surface area contributed by atoms with Crippen molar-refractivity contribution in [3.05, 3.63) is 53.6 Å². The van der Waals surface area contributed by atoms with E-state index < -0.39 is 0 Å². The van der Waals surface area contributed by atoms with E-state index in [0.717, 1.165) is 48.2 Å². The van der Waals surface area contributed by atoms with E-state index >= 15 is 0 Å². The van der Waals surface area contributed by atoms with Crippen LogP contribution in [0.1, 0.15) is 25.0 Å². The molecule has 1 aliphatic rings. The van der Waals surface area contributed by atoms with Crippen LogP contribution in [-0.4, -0.2) is 31.7 Å². The molecule has 1 aliphatic heterocycles. The average molecular weight is 382 g/mol. The van der Waals surface area contributed by atoms with Crippen LogP contribution in [0, 0.1) is 0 Å². The Morgan fingerprint density at radius 1 is 1.07 bits per heavy atom. The number of carbonyl (C=O) groups is 1. The number of nitrogens with zero attached hydrogens (tertiary/aromatic N) is 1. The van der Waals surface area contributed by atoms with Gasteiger partial charge in [0, 0.05) is 25.7 Å². The predicted octanol–water partition coefficient (Wildman–Crippen LogP) is 2.67. The summed E-state index contributed by atoms with van der Waals surface area (Å²) in [7, 11) is 0. The molecule has 7 heteroatoms. The number of carbonyl (C=O) groups excluding carboxylic acids is 1. The van der Waals surface area contributed by atoms with Gasteiger partial charge in [-0.1, -0.05) is 18.2 Å². The highest BCUT2D eigenvalue weighted by Gasteiger charge is 2.12. The fourth-order valence-corrected chi connectivity index (χ4v) is 2.88. The Labute approximate surface area is 165 Å². The van der Waals surface area contributed by atoms with E-state index in [9.17, 15) is 4.79 Å². The molecule has 3 N–H and O–H groups in total. The van der Waals surface area contributed by atoms with Crippen molar-refractivity contribution < 1.29 is 14.3 Å². The molecule has 1 heterocycles. The first-order valence-corrected chi connectivity index (χ1v) is 9.41. The van der Waals surface area contributed by atoms with Gasteiger partial charge in [-0.3, -0.25) is 4.79 Å². The number of fused-ring (bicyclic) bond motifs is 1. The van der Waals surface area contributed by atoms with E-state index in [0.29, 0.717) is 6.54 Å². The van der Waals surface area contributed by atoms with Crippen LogP contribution in [0.2, 0.25) is 0 Å². The molecule has 0 aromatic heterocycles. The van der Waals surface area contributed by atoms with E-state index in [2.05, 4.69) is 20.9 Å². The third-order valence-electron chi connectivity index (χ3n) is 4.15. The SMILES string of the molecule is CCNC(=NCc1cccc(NC(C)=O)c1)NCCc1ccc2c(c1)OCO2. The number of guanidine groups is 1. The molecule has 0 spiro atoms. The lowest BCUT2D eigenvalue weighted by Gasteiger charge is -2.12. The van der Waals surface area contributed by atoms with Gasteiger partial charge in [-0.2, -0.15) is 0 Å². The fourth-order valence-electron chi connectivity index (χ4n) is 2.88. The highest BCUT2D eigenvalue weighted by molar-refractivity contribution is 5.88. The number of hydrogen-bond donors (Lipinski definition) is 3. The summed E-state index contributed by atoms with van der Waals surface area (Å²) in [5.74, 6) is 2.28. The Kier molecular flexibility index (Phi) is 6.73. The Hall–Kier alpha value is -3.22. The van der Waals surface area contributed by atoms with Crippen LogP contribution < -0.4 is 25.4 Å². The van der Waals surface area contributed by atoms with Gasteiger partial charge in [0.2, 0.25) is 12.7 Å². The van der Waals surface area contributed by atoms with Gasteiger partial charge in [-0.15, -0.1) is 0 Å². The summed E-state index contributed by atoms with van der Waals surface area (Å²) in [5.41, 5.74) is 2.98. The molecular formula is C21H26N4O3. The molecule has 0 aliphatic carbocycles. The van der Waals surface area contributed by atoms with Crippen LogP contribution in [0.4, 0.5) is 5.69 Å². The summed E-state index contributed by atoms with van der Waals surface area (Å²) >= 11 is 0. The number of anilines is 1. The summed E-state index contributed by atoms with van der Waals surface area (Å²) in [6, 6.07) is 13.7. The highest BCUT2D eigenvalue weighted by Crippen LogP contribution is 2.32. The van der Waals surface area contributed by atoms with Crippen LogP contribution in [-0.2, 0) is 17.8 Å². The minimum Gasteiger partial charge on any atom is -0.454 e. The number of ether oxygens (including phenoxy) is 2. The highest BCUT2D eigenvalue weighted by atomic mass is 16.7. The minimum atomic E-state index is -0.0841. The van der Waals surface area contributed by atoms with Crippen LogP contribution in [0.25, 0.3) is 0 Å². The third-order valence-corrected chi connectivity index (χ3v) is 4.15. The van der Waals surface area contributed by atoms with E-state index in [1.165, 1.54) is 12.5 Å². The lowest BCUT2D eigenvalue weighted by molar-refractivity contribution is -0.114. The quantitative estimate of drug-likeness (QED) is 0.507. The second-order valence-electron chi connectivity index (χ2n) is 6.44. The summed E-state index contributed by atoms with van der Waals surface area (Å²) < 4.78 is 10.8. The number of amides is 1. The molecule has 148 valence electrons. The lowest BCUT2D eigenvalue weighted by Crippen LogP contribution is -2.38. The Morgan fingerprint density at radius 3 is 2.75 bits per heavy atom. The molecule has 0 fully saturated rings. The fraction of sp³-hybridized carbons (Fsp3) is 0.333. The first-order chi connectivity index (χ1) is 13.6. The number of benzene rings is 2. The zero-order valence-electron chi connectivity index (χ0n) is 16.2. The molecule has 0 radical (unpaired) electrons. The van der Waals surface area contributed by atoms with Crippen LogP contribution >= 0.6 is 0 Å². The molecule has 2 aromatic rings. The first kappa shape index (κ1) is 19.5. The molecule has 0 saturated heterocycles. The maximum atomic E-state index is 11.2. The summed E-state index contributed by atoms with van der Waals surface area (Å²) in [4.78, 5) is 15.8. The van der Waals surface area contributed by atoms with Crippen molar-refractivity contribution >= 4 is 17.6 Å². The van der Waals surface area contributed by atoms with Crippen LogP contribution in [0.15, 0.2) is 47.5 Å². The predicted molar refractivity (Wildman–Crippen MR) is 110 cm³/mol. The standard InChI is InChI=1S/C21H26N4O3/c1-3-22-21(24-13-17-5-4-6-18(11-17)25-15(2)26)23-10-9-16-7-8-19-20(12-16)28-14-27-19/h4-8,11-12H,3,9-10,13-14H2,1-2H3,(H,25,26)(H2,22,23,24). The number of rotatable bonds is 7. The van der Waals surface area contributed by atoms with E-state index in [-0.39, 0.29) is 12.7 Å². The maximum Gasteiger partial charge on any atom is 0.231 e. The van der Waals surface area contributed by atoms with Gasteiger partial charge in [-0.05, 0) is 48.7 Å². The van der Waals surface area contributed by atoms with Crippen molar-refractivity contribution in [1.29, 1.82) is 0 Å². The molecule has 7 nitrogen and oxygen atoms in total. The normalized spacial score (nSPS) is 12.6. The largest absolute Gasteiger partial charge is 0.454 e. The van der Waals surface area contributed by atoms with Gasteiger partial charge < -0.3 is 25.4 Å². The molecule has 28 heavy (non-hydrogen) atoms. The number of nitrogens with one attached hydrogen (secondary N) is 3. The molecule has 3 rings (SSSR count). The zero-order valence-corrected chi connectivity index (χ0v) is 16.2. The van der Waals surface area contributed by atoms with Crippen molar-refractivity contribution in [1.82, 2.24) is 10.6 Å². The van der Waals surface area contributed by atoms with E-state index in [4.69, 9.17) is 9.47 Å². The van der Waals surface area contributed by atoms with E-state index in [1.807, 2.05) is 49.4 Å². The Bertz CT molecular complexity index is 851. The van der Waals surface area contributed by atoms with Gasteiger partial charge >= 0.3 is 0 Å². The molecule has 1 amide bonds. The summed E-state index contributed by atoms with van der Waals surface area (Å²) in [6.45, 7) is 5.87.